The first-order valence-electron chi connectivity index (χ1n) is 6.56. The number of rotatable bonds is 4. The summed E-state index contributed by atoms with van der Waals surface area (Å²) in [5, 5.41) is 4.10. The smallest absolute Gasteiger partial charge is 0.107 e. The lowest BCUT2D eigenvalue weighted by Crippen LogP contribution is -2.15. The largest absolute Gasteiger partial charge is 0.389 e. The number of hydrogen-bond acceptors (Lipinski definition) is 2. The zero-order chi connectivity index (χ0) is 14.1. The van der Waals surface area contributed by atoms with Crippen molar-refractivity contribution in [1.29, 1.82) is 0 Å². The molecule has 3 N–H and O–H groups in total. The summed E-state index contributed by atoms with van der Waals surface area (Å²) in [5.74, 6) is 0.550. The molecular weight excluding hydrogens is 288 g/mol. The number of nitrogens with one attached hydrogen (secondary N) is 1. The number of benzene rings is 2. The molecular formula is C16H15ClN2S. The van der Waals surface area contributed by atoms with E-state index in [1.807, 2.05) is 24.3 Å². The van der Waals surface area contributed by atoms with E-state index >= 15 is 0 Å². The fraction of sp³-hybridized carbons (Fsp3) is 0.188. The minimum Gasteiger partial charge on any atom is -0.389 e. The maximum absolute atomic E-state index is 6.17. The standard InChI is InChI=1S/C16H15ClN2S/c17-12-7-4-8-13(15(12)16(18)20)19-14-9-11(14)10-5-2-1-3-6-10/h1-8,11,14,19H,9H2,(H2,18,20). The van der Waals surface area contributed by atoms with E-state index in [9.17, 15) is 0 Å². The van der Waals surface area contributed by atoms with E-state index in [-0.39, 0.29) is 0 Å². The third-order valence-corrected chi connectivity index (χ3v) is 4.14. The minimum absolute atomic E-state index is 0.329. The third-order valence-electron chi connectivity index (χ3n) is 3.62. The fourth-order valence-corrected chi connectivity index (χ4v) is 3.07. The molecule has 1 saturated carbocycles. The van der Waals surface area contributed by atoms with Crippen molar-refractivity contribution in [2.75, 3.05) is 5.32 Å². The number of nitrogens with two attached hydrogens (primary N) is 1. The van der Waals surface area contributed by atoms with Gasteiger partial charge in [0.15, 0.2) is 0 Å². The van der Waals surface area contributed by atoms with E-state index in [1.54, 1.807) is 0 Å². The summed E-state index contributed by atoms with van der Waals surface area (Å²) in [5.41, 5.74) is 8.79. The van der Waals surface area contributed by atoms with Crippen molar-refractivity contribution in [3.05, 3.63) is 64.7 Å². The van der Waals surface area contributed by atoms with Gasteiger partial charge in [0.25, 0.3) is 0 Å². The Bertz CT molecular complexity index is 642. The normalized spacial score (nSPS) is 20.4. The maximum atomic E-state index is 6.17. The Morgan fingerprint density at radius 1 is 1.15 bits per heavy atom. The summed E-state index contributed by atoms with van der Waals surface area (Å²) in [6.07, 6.45) is 1.12. The Balaban J connectivity index is 1.78. The molecule has 2 aromatic rings. The van der Waals surface area contributed by atoms with Gasteiger partial charge in [-0.25, -0.2) is 0 Å². The van der Waals surface area contributed by atoms with Crippen LogP contribution in [-0.4, -0.2) is 11.0 Å². The first-order valence-corrected chi connectivity index (χ1v) is 7.35. The van der Waals surface area contributed by atoms with Gasteiger partial charge in [-0.15, -0.1) is 0 Å². The van der Waals surface area contributed by atoms with Gasteiger partial charge in [-0.2, -0.15) is 0 Å². The molecule has 0 amide bonds. The van der Waals surface area contributed by atoms with Crippen LogP contribution in [0, 0.1) is 0 Å². The topological polar surface area (TPSA) is 38.0 Å². The zero-order valence-electron chi connectivity index (χ0n) is 10.8. The van der Waals surface area contributed by atoms with Crippen molar-refractivity contribution in [1.82, 2.24) is 0 Å². The number of halogens is 1. The van der Waals surface area contributed by atoms with E-state index in [2.05, 4.69) is 29.6 Å². The maximum Gasteiger partial charge on any atom is 0.107 e. The van der Waals surface area contributed by atoms with E-state index in [0.29, 0.717) is 22.0 Å². The van der Waals surface area contributed by atoms with E-state index in [0.717, 1.165) is 17.7 Å². The lowest BCUT2D eigenvalue weighted by atomic mass is 10.1. The molecule has 0 bridgehead atoms. The molecule has 3 rings (SSSR count). The van der Waals surface area contributed by atoms with Crippen molar-refractivity contribution < 1.29 is 0 Å². The molecule has 2 aromatic carbocycles. The molecule has 2 nitrogen and oxygen atoms in total. The zero-order valence-corrected chi connectivity index (χ0v) is 12.4. The van der Waals surface area contributed by atoms with Crippen LogP contribution in [0.15, 0.2) is 48.5 Å². The molecule has 0 aromatic heterocycles. The molecule has 102 valence electrons. The molecule has 2 unspecified atom stereocenters. The van der Waals surface area contributed by atoms with Crippen LogP contribution >= 0.6 is 23.8 Å². The fourth-order valence-electron chi connectivity index (χ4n) is 2.52. The van der Waals surface area contributed by atoms with Crippen molar-refractivity contribution in [2.24, 2.45) is 5.73 Å². The molecule has 20 heavy (non-hydrogen) atoms. The Kier molecular flexibility index (Phi) is 3.64. The second kappa shape index (κ2) is 5.43. The van der Waals surface area contributed by atoms with E-state index in [4.69, 9.17) is 29.6 Å². The highest BCUT2D eigenvalue weighted by Gasteiger charge is 2.38. The Hall–Kier alpha value is -1.58. The molecule has 0 heterocycles. The van der Waals surface area contributed by atoms with Crippen LogP contribution in [0.5, 0.6) is 0 Å². The second-order valence-electron chi connectivity index (χ2n) is 5.03. The Labute approximate surface area is 128 Å². The lowest BCUT2D eigenvalue weighted by molar-refractivity contribution is 1.04. The highest BCUT2D eigenvalue weighted by Crippen LogP contribution is 2.43. The SMILES string of the molecule is NC(=S)c1c(Cl)cccc1NC1CC1c1ccccc1. The van der Waals surface area contributed by atoms with Gasteiger partial charge < -0.3 is 11.1 Å². The summed E-state index contributed by atoms with van der Waals surface area (Å²) in [6, 6.07) is 16.6. The van der Waals surface area contributed by atoms with Gasteiger partial charge in [0, 0.05) is 17.6 Å². The molecule has 1 aliphatic carbocycles. The third kappa shape index (κ3) is 2.65. The highest BCUT2D eigenvalue weighted by molar-refractivity contribution is 7.80. The van der Waals surface area contributed by atoms with Gasteiger partial charge in [0.05, 0.1) is 10.6 Å². The van der Waals surface area contributed by atoms with Crippen LogP contribution in [-0.2, 0) is 0 Å². The van der Waals surface area contributed by atoms with Crippen LogP contribution in [0.3, 0.4) is 0 Å². The van der Waals surface area contributed by atoms with Crippen LogP contribution in [0.25, 0.3) is 0 Å². The predicted molar refractivity (Wildman–Crippen MR) is 88.6 cm³/mol. The van der Waals surface area contributed by atoms with Crippen molar-refractivity contribution >= 4 is 34.5 Å². The first kappa shape index (κ1) is 13.4. The second-order valence-corrected chi connectivity index (χ2v) is 5.88. The van der Waals surface area contributed by atoms with Gasteiger partial charge >= 0.3 is 0 Å². The molecule has 4 heteroatoms. The molecule has 1 aliphatic rings. The Morgan fingerprint density at radius 2 is 1.90 bits per heavy atom. The monoisotopic (exact) mass is 302 g/mol. The molecule has 2 atom stereocenters. The van der Waals surface area contributed by atoms with Crippen LogP contribution < -0.4 is 11.1 Å². The van der Waals surface area contributed by atoms with E-state index < -0.39 is 0 Å². The molecule has 0 radical (unpaired) electrons. The minimum atomic E-state index is 0.329. The van der Waals surface area contributed by atoms with Gasteiger partial charge in [0.1, 0.15) is 4.99 Å². The average Bonchev–Trinajstić information content (AvgIpc) is 3.18. The quantitative estimate of drug-likeness (QED) is 0.840. The van der Waals surface area contributed by atoms with Crippen molar-refractivity contribution in [3.63, 3.8) is 0 Å². The van der Waals surface area contributed by atoms with Crippen LogP contribution in [0.4, 0.5) is 5.69 Å². The molecule has 0 aliphatic heterocycles. The summed E-state index contributed by atoms with van der Waals surface area (Å²) in [6.45, 7) is 0. The summed E-state index contributed by atoms with van der Waals surface area (Å²) < 4.78 is 0. The average molecular weight is 303 g/mol. The van der Waals surface area contributed by atoms with Gasteiger partial charge in [-0.3, -0.25) is 0 Å². The summed E-state index contributed by atoms with van der Waals surface area (Å²) >= 11 is 11.3. The number of anilines is 1. The predicted octanol–water partition coefficient (Wildman–Crippen LogP) is 3.94. The highest BCUT2D eigenvalue weighted by atomic mass is 35.5. The number of hydrogen-bond donors (Lipinski definition) is 2. The van der Waals surface area contributed by atoms with Crippen molar-refractivity contribution in [2.45, 2.75) is 18.4 Å². The van der Waals surface area contributed by atoms with E-state index in [1.165, 1.54) is 5.56 Å². The van der Waals surface area contributed by atoms with Gasteiger partial charge in [-0.1, -0.05) is 60.2 Å². The first-order chi connectivity index (χ1) is 9.66. The van der Waals surface area contributed by atoms with Gasteiger partial charge in [-0.05, 0) is 24.1 Å². The number of thiocarbonyl (C=S) groups is 1. The lowest BCUT2D eigenvalue weighted by Gasteiger charge is -2.12. The van der Waals surface area contributed by atoms with Crippen molar-refractivity contribution in [3.8, 4) is 0 Å². The molecule has 0 spiro atoms. The van der Waals surface area contributed by atoms with Crippen LogP contribution in [0.1, 0.15) is 23.5 Å². The Morgan fingerprint density at radius 3 is 2.60 bits per heavy atom. The summed E-state index contributed by atoms with van der Waals surface area (Å²) in [7, 11) is 0. The molecule has 1 fully saturated rings. The molecule has 0 saturated heterocycles. The summed E-state index contributed by atoms with van der Waals surface area (Å²) in [4.78, 5) is 0.329. The van der Waals surface area contributed by atoms with Crippen LogP contribution in [0.2, 0.25) is 5.02 Å². The van der Waals surface area contributed by atoms with Gasteiger partial charge in [0.2, 0.25) is 0 Å².